The molecule has 5 heteroatoms. The summed E-state index contributed by atoms with van der Waals surface area (Å²) in [6.07, 6.45) is 1.94. The molecule has 1 fully saturated rings. The number of benzene rings is 3. The van der Waals surface area contributed by atoms with Crippen LogP contribution >= 0.6 is 0 Å². The molecule has 2 aliphatic rings. The fourth-order valence-corrected chi connectivity index (χ4v) is 5.06. The van der Waals surface area contributed by atoms with Gasteiger partial charge < -0.3 is 14.4 Å². The maximum absolute atomic E-state index is 12.7. The molecule has 2 heterocycles. The summed E-state index contributed by atoms with van der Waals surface area (Å²) in [4.78, 5) is 15.0. The minimum absolute atomic E-state index is 0.0194. The maximum atomic E-state index is 12.7. The summed E-state index contributed by atoms with van der Waals surface area (Å²) < 4.78 is 12.4. The maximum Gasteiger partial charge on any atom is 0.302 e. The van der Waals surface area contributed by atoms with Crippen molar-refractivity contribution >= 4 is 12.1 Å². The summed E-state index contributed by atoms with van der Waals surface area (Å²) >= 11 is 0. The van der Waals surface area contributed by atoms with E-state index in [-0.39, 0.29) is 6.04 Å². The minimum atomic E-state index is -0.592. The monoisotopic (exact) mass is 443 g/mol. The van der Waals surface area contributed by atoms with Crippen molar-refractivity contribution in [1.29, 1.82) is 0 Å². The van der Waals surface area contributed by atoms with Gasteiger partial charge in [-0.3, -0.25) is 4.48 Å². The Morgan fingerprint density at radius 2 is 1.48 bits per heavy atom. The highest BCUT2D eigenvalue weighted by Gasteiger charge is 2.43. The lowest BCUT2D eigenvalue weighted by Gasteiger charge is -2.45. The lowest BCUT2D eigenvalue weighted by Crippen LogP contribution is -2.60. The van der Waals surface area contributed by atoms with Gasteiger partial charge in [0, 0.05) is 36.2 Å². The zero-order valence-electron chi connectivity index (χ0n) is 19.3. The molecule has 0 saturated carbocycles. The Hall–Kier alpha value is -3.31. The van der Waals surface area contributed by atoms with E-state index in [1.807, 2.05) is 25.1 Å². The average molecular weight is 444 g/mol. The van der Waals surface area contributed by atoms with Crippen LogP contribution in [0.5, 0.6) is 11.5 Å². The Bertz CT molecular complexity index is 1070. The molecule has 2 aliphatic heterocycles. The number of quaternary nitrogens is 1. The Kier molecular flexibility index (Phi) is 5.59. The predicted molar refractivity (Wildman–Crippen MR) is 129 cm³/mol. The summed E-state index contributed by atoms with van der Waals surface area (Å²) in [5, 5.41) is 0. The molecule has 3 aromatic carbocycles. The molecular formula is C28H31N2O3+. The standard InChI is InChI=1S/C28H31N2O3/c1-3-28(2)32-25-15-14-24(20-26(25)33-28)29-16-18-30(21-31,19-17-29)27(22-10-6-4-7-11-22)23-12-8-5-9-13-23/h4-15,20-21,27H,3,16-19H2,1-2H3/q+1. The molecule has 0 radical (unpaired) electrons. The van der Waals surface area contributed by atoms with E-state index in [0.717, 1.165) is 56.2 Å². The van der Waals surface area contributed by atoms with Crippen LogP contribution in [0.2, 0.25) is 0 Å². The Morgan fingerprint density at radius 3 is 2.03 bits per heavy atom. The quantitative estimate of drug-likeness (QED) is 0.389. The number of carbonyl (C=O) groups excluding carboxylic acids is 1. The van der Waals surface area contributed by atoms with E-state index in [1.54, 1.807) is 0 Å². The van der Waals surface area contributed by atoms with Gasteiger partial charge in [-0.05, 0) is 12.1 Å². The smallest absolute Gasteiger partial charge is 0.302 e. The van der Waals surface area contributed by atoms with Crippen LogP contribution in [0.4, 0.5) is 5.69 Å². The second-order valence-corrected chi connectivity index (χ2v) is 9.19. The number of carbonyl (C=O) groups is 1. The van der Waals surface area contributed by atoms with Gasteiger partial charge in [0.25, 0.3) is 0 Å². The predicted octanol–water partition coefficient (Wildman–Crippen LogP) is 5.17. The number of anilines is 1. The number of rotatable bonds is 6. The third-order valence-corrected chi connectivity index (χ3v) is 7.11. The van der Waals surface area contributed by atoms with E-state index in [4.69, 9.17) is 9.47 Å². The largest absolute Gasteiger partial charge is 0.449 e. The third kappa shape index (κ3) is 3.98. The molecule has 0 aliphatic carbocycles. The molecule has 1 unspecified atom stereocenters. The number of hydrogen-bond donors (Lipinski definition) is 0. The van der Waals surface area contributed by atoms with Crippen LogP contribution in [0.1, 0.15) is 37.4 Å². The molecule has 170 valence electrons. The van der Waals surface area contributed by atoms with Crippen LogP contribution in [0.15, 0.2) is 78.9 Å². The highest BCUT2D eigenvalue weighted by atomic mass is 16.7. The molecule has 5 nitrogen and oxygen atoms in total. The summed E-state index contributed by atoms with van der Waals surface area (Å²) in [5.74, 6) is 1.00. The van der Waals surface area contributed by atoms with Crippen molar-refractivity contribution in [1.82, 2.24) is 0 Å². The SMILES string of the molecule is CCC1(C)Oc2ccc(N3CC[N+](C=O)(C(c4ccccc4)c4ccccc4)CC3)cc2O1. The van der Waals surface area contributed by atoms with Gasteiger partial charge in [-0.1, -0.05) is 67.6 Å². The molecule has 5 rings (SSSR count). The van der Waals surface area contributed by atoms with E-state index < -0.39 is 5.79 Å². The van der Waals surface area contributed by atoms with Crippen molar-refractivity contribution in [3.05, 3.63) is 90.0 Å². The number of fused-ring (bicyclic) bond motifs is 1. The van der Waals surface area contributed by atoms with Gasteiger partial charge in [0.05, 0.1) is 13.1 Å². The summed E-state index contributed by atoms with van der Waals surface area (Å²) in [5.41, 5.74) is 3.45. The zero-order chi connectivity index (χ0) is 22.9. The van der Waals surface area contributed by atoms with E-state index in [9.17, 15) is 4.79 Å². The molecule has 3 aromatic rings. The van der Waals surface area contributed by atoms with E-state index in [0.29, 0.717) is 4.48 Å². The molecule has 1 saturated heterocycles. The van der Waals surface area contributed by atoms with Crippen LogP contribution in [0, 0.1) is 0 Å². The number of piperazine rings is 1. The molecule has 0 aromatic heterocycles. The first-order chi connectivity index (χ1) is 16.1. The van der Waals surface area contributed by atoms with Crippen molar-refractivity contribution in [2.24, 2.45) is 0 Å². The molecule has 1 amide bonds. The summed E-state index contributed by atoms with van der Waals surface area (Å²) in [7, 11) is 0. The first-order valence-corrected chi connectivity index (χ1v) is 11.8. The first kappa shape index (κ1) is 21.5. The number of amides is 1. The van der Waals surface area contributed by atoms with Gasteiger partial charge in [0.1, 0.15) is 19.1 Å². The van der Waals surface area contributed by atoms with Crippen molar-refractivity contribution in [2.75, 3.05) is 31.1 Å². The normalized spacial score (nSPS) is 21.2. The molecule has 0 spiro atoms. The average Bonchev–Trinajstić information content (AvgIpc) is 3.22. The lowest BCUT2D eigenvalue weighted by molar-refractivity contribution is -0.871. The zero-order valence-corrected chi connectivity index (χ0v) is 19.3. The lowest BCUT2D eigenvalue weighted by atomic mass is 9.94. The summed E-state index contributed by atoms with van der Waals surface area (Å²) in [6.45, 7) is 7.08. The highest BCUT2D eigenvalue weighted by molar-refractivity contribution is 5.58. The Balaban J connectivity index is 1.40. The molecule has 0 bridgehead atoms. The Labute approximate surface area is 195 Å². The number of nitrogens with zero attached hydrogens (tertiary/aromatic N) is 2. The van der Waals surface area contributed by atoms with E-state index in [1.165, 1.54) is 11.1 Å². The van der Waals surface area contributed by atoms with Crippen molar-refractivity contribution in [3.8, 4) is 11.5 Å². The second-order valence-electron chi connectivity index (χ2n) is 9.19. The van der Waals surface area contributed by atoms with Crippen molar-refractivity contribution in [3.63, 3.8) is 0 Å². The Morgan fingerprint density at radius 1 is 0.909 bits per heavy atom. The molecule has 1 atom stereocenters. The highest BCUT2D eigenvalue weighted by Crippen LogP contribution is 2.43. The van der Waals surface area contributed by atoms with Gasteiger partial charge in [-0.2, -0.15) is 0 Å². The van der Waals surface area contributed by atoms with Crippen LogP contribution in [-0.2, 0) is 4.79 Å². The number of hydrogen-bond acceptors (Lipinski definition) is 4. The van der Waals surface area contributed by atoms with Gasteiger partial charge in [-0.15, -0.1) is 0 Å². The topological polar surface area (TPSA) is 38.8 Å². The minimum Gasteiger partial charge on any atom is -0.449 e. The fourth-order valence-electron chi connectivity index (χ4n) is 5.06. The van der Waals surface area contributed by atoms with Gasteiger partial charge in [0.15, 0.2) is 11.5 Å². The van der Waals surface area contributed by atoms with E-state index >= 15 is 0 Å². The third-order valence-electron chi connectivity index (χ3n) is 7.11. The first-order valence-electron chi connectivity index (χ1n) is 11.8. The van der Waals surface area contributed by atoms with Crippen LogP contribution in [-0.4, -0.2) is 42.9 Å². The second kappa shape index (κ2) is 8.56. The molecule has 33 heavy (non-hydrogen) atoms. The number of ether oxygens (including phenoxy) is 2. The van der Waals surface area contributed by atoms with Gasteiger partial charge >= 0.3 is 6.41 Å². The van der Waals surface area contributed by atoms with Crippen LogP contribution in [0.25, 0.3) is 0 Å². The van der Waals surface area contributed by atoms with Crippen molar-refractivity contribution < 1.29 is 18.8 Å². The van der Waals surface area contributed by atoms with Gasteiger partial charge in [0.2, 0.25) is 5.79 Å². The van der Waals surface area contributed by atoms with E-state index in [2.05, 4.69) is 72.5 Å². The fraction of sp³-hybridized carbons (Fsp3) is 0.321. The van der Waals surface area contributed by atoms with Crippen molar-refractivity contribution in [2.45, 2.75) is 32.1 Å². The van der Waals surface area contributed by atoms with Gasteiger partial charge in [-0.25, -0.2) is 4.79 Å². The molecule has 0 N–H and O–H groups in total. The van der Waals surface area contributed by atoms with Crippen LogP contribution in [0.3, 0.4) is 0 Å². The molecular weight excluding hydrogens is 412 g/mol. The van der Waals surface area contributed by atoms with Crippen LogP contribution < -0.4 is 14.4 Å². The summed E-state index contributed by atoms with van der Waals surface area (Å²) in [6, 6.07) is 27.0.